The highest BCUT2D eigenvalue weighted by Crippen LogP contribution is 2.31. The lowest BCUT2D eigenvalue weighted by Gasteiger charge is -2.34. The van der Waals surface area contributed by atoms with Crippen LogP contribution in [0.15, 0.2) is 65.7 Å². The van der Waals surface area contributed by atoms with Gasteiger partial charge in [0.1, 0.15) is 12.8 Å². The van der Waals surface area contributed by atoms with Gasteiger partial charge in [-0.25, -0.2) is 9.69 Å². The minimum Gasteiger partial charge on any atom is -0.447 e. The molecule has 156 valence electrons. The number of nitrogens with zero attached hydrogens (tertiary/aromatic N) is 3. The lowest BCUT2D eigenvalue weighted by atomic mass is 10.0. The van der Waals surface area contributed by atoms with Gasteiger partial charge in [-0.15, -0.1) is 11.8 Å². The number of benzene rings is 2. The zero-order valence-electron chi connectivity index (χ0n) is 17.1. The molecule has 3 atom stereocenters. The predicted molar refractivity (Wildman–Crippen MR) is 119 cm³/mol. The minimum absolute atomic E-state index is 0.208. The zero-order valence-corrected chi connectivity index (χ0v) is 17.9. The first-order valence-electron chi connectivity index (χ1n) is 10.0. The molecule has 0 radical (unpaired) electrons. The van der Waals surface area contributed by atoms with Gasteiger partial charge in [0.15, 0.2) is 0 Å². The minimum atomic E-state index is -0.554. The van der Waals surface area contributed by atoms with Gasteiger partial charge in [0.2, 0.25) is 5.91 Å². The monoisotopic (exact) mass is 423 g/mol. The van der Waals surface area contributed by atoms with Gasteiger partial charge >= 0.3 is 6.09 Å². The fourth-order valence-electron chi connectivity index (χ4n) is 3.86. The van der Waals surface area contributed by atoms with Crippen molar-refractivity contribution in [3.05, 3.63) is 71.8 Å². The molecule has 2 amide bonds. The van der Waals surface area contributed by atoms with E-state index in [1.165, 1.54) is 4.90 Å². The topological polar surface area (TPSA) is 62.2 Å². The lowest BCUT2D eigenvalue weighted by molar-refractivity contribution is -0.134. The second-order valence-electron chi connectivity index (χ2n) is 7.72. The van der Waals surface area contributed by atoms with Gasteiger partial charge in [-0.3, -0.25) is 14.7 Å². The van der Waals surface area contributed by atoms with E-state index in [-0.39, 0.29) is 24.7 Å². The van der Waals surface area contributed by atoms with Gasteiger partial charge in [0.05, 0.1) is 17.0 Å². The van der Waals surface area contributed by atoms with Crippen LogP contribution in [0.1, 0.15) is 11.1 Å². The largest absolute Gasteiger partial charge is 0.447 e. The standard InChI is InChI=1S/C23H25N3O3S/c1-25(2)20-19(15-30-21(24-20)17-11-7-4-8-12-17)22(27)26-18(14-29-23(26)28)13-16-9-5-3-6-10-16/h3-12,18-20H,13-15H2,1-2H3/t18-,19+,20-/m0/s1. The molecule has 0 spiro atoms. The highest BCUT2D eigenvalue weighted by atomic mass is 32.2. The molecule has 2 heterocycles. The van der Waals surface area contributed by atoms with Crippen LogP contribution in [-0.4, -0.2) is 65.5 Å². The Morgan fingerprint density at radius 3 is 2.47 bits per heavy atom. The normalized spacial score (nSPS) is 24.0. The first-order chi connectivity index (χ1) is 14.5. The summed E-state index contributed by atoms with van der Waals surface area (Å²) in [6.45, 7) is 0.227. The highest BCUT2D eigenvalue weighted by molar-refractivity contribution is 8.14. The van der Waals surface area contributed by atoms with Crippen LogP contribution in [0.2, 0.25) is 0 Å². The van der Waals surface area contributed by atoms with Gasteiger partial charge in [-0.1, -0.05) is 60.7 Å². The molecular formula is C23H25N3O3S. The molecule has 0 N–H and O–H groups in total. The third-order valence-corrected chi connectivity index (χ3v) is 6.53. The maximum atomic E-state index is 13.5. The molecule has 0 aromatic heterocycles. The Morgan fingerprint density at radius 2 is 1.80 bits per heavy atom. The molecule has 7 heteroatoms. The Labute approximate surface area is 180 Å². The summed E-state index contributed by atoms with van der Waals surface area (Å²) in [4.78, 5) is 34.1. The number of carbonyl (C=O) groups is 2. The van der Waals surface area contributed by atoms with E-state index < -0.39 is 12.0 Å². The summed E-state index contributed by atoms with van der Waals surface area (Å²) >= 11 is 1.56. The van der Waals surface area contributed by atoms with E-state index >= 15 is 0 Å². The second-order valence-corrected chi connectivity index (χ2v) is 8.73. The van der Waals surface area contributed by atoms with Crippen molar-refractivity contribution in [1.82, 2.24) is 9.80 Å². The third kappa shape index (κ3) is 4.27. The van der Waals surface area contributed by atoms with Gasteiger partial charge in [0, 0.05) is 11.3 Å². The van der Waals surface area contributed by atoms with E-state index in [4.69, 9.17) is 9.73 Å². The summed E-state index contributed by atoms with van der Waals surface area (Å²) in [5, 5.41) is 0.920. The van der Waals surface area contributed by atoms with Gasteiger partial charge in [0.25, 0.3) is 0 Å². The van der Waals surface area contributed by atoms with Crippen molar-refractivity contribution in [3.63, 3.8) is 0 Å². The number of ether oxygens (including phenoxy) is 1. The average Bonchev–Trinajstić information content (AvgIpc) is 3.14. The van der Waals surface area contributed by atoms with Crippen LogP contribution >= 0.6 is 11.8 Å². The molecular weight excluding hydrogens is 398 g/mol. The van der Waals surface area contributed by atoms with Gasteiger partial charge in [-0.2, -0.15) is 0 Å². The molecule has 2 aliphatic heterocycles. The van der Waals surface area contributed by atoms with Crippen LogP contribution in [0.5, 0.6) is 0 Å². The fraction of sp³-hybridized carbons (Fsp3) is 0.348. The van der Waals surface area contributed by atoms with Crippen LogP contribution in [0, 0.1) is 5.92 Å². The SMILES string of the molecule is CN(C)[C@@H]1N=C(c2ccccc2)SC[C@H]1C(=O)N1C(=O)OC[C@@H]1Cc1ccccc1. The molecule has 1 fully saturated rings. The summed E-state index contributed by atoms with van der Waals surface area (Å²) < 4.78 is 5.26. The molecule has 0 bridgehead atoms. The zero-order chi connectivity index (χ0) is 21.1. The van der Waals surface area contributed by atoms with E-state index in [1.54, 1.807) is 11.8 Å². The Hall–Kier alpha value is -2.64. The number of hydrogen-bond donors (Lipinski definition) is 0. The number of cyclic esters (lactones) is 1. The number of carbonyl (C=O) groups excluding carboxylic acids is 2. The van der Waals surface area contributed by atoms with Crippen LogP contribution in [0.3, 0.4) is 0 Å². The van der Waals surface area contributed by atoms with Gasteiger partial charge in [-0.05, 0) is 26.1 Å². The number of imide groups is 1. The molecule has 6 nitrogen and oxygen atoms in total. The van der Waals surface area contributed by atoms with Crippen molar-refractivity contribution in [1.29, 1.82) is 0 Å². The van der Waals surface area contributed by atoms with E-state index in [2.05, 4.69) is 0 Å². The highest BCUT2D eigenvalue weighted by Gasteiger charge is 2.44. The van der Waals surface area contributed by atoms with Crippen molar-refractivity contribution in [2.45, 2.75) is 18.6 Å². The van der Waals surface area contributed by atoms with Crippen molar-refractivity contribution < 1.29 is 14.3 Å². The lowest BCUT2D eigenvalue weighted by Crippen LogP contribution is -2.51. The maximum Gasteiger partial charge on any atom is 0.416 e. The molecule has 2 aromatic carbocycles. The van der Waals surface area contributed by atoms with Crippen LogP contribution in [0.25, 0.3) is 0 Å². The molecule has 0 unspecified atom stereocenters. The summed E-state index contributed by atoms with van der Waals surface area (Å²) in [7, 11) is 3.83. The quantitative estimate of drug-likeness (QED) is 0.739. The van der Waals surface area contributed by atoms with Crippen LogP contribution < -0.4 is 0 Å². The number of hydrogen-bond acceptors (Lipinski definition) is 6. The fourth-order valence-corrected chi connectivity index (χ4v) is 5.00. The predicted octanol–water partition coefficient (Wildman–Crippen LogP) is 3.27. The molecule has 1 saturated heterocycles. The molecule has 0 saturated carbocycles. The number of aliphatic imine (C=N–C) groups is 1. The number of amides is 2. The van der Waals surface area contributed by atoms with E-state index in [0.717, 1.165) is 16.2 Å². The van der Waals surface area contributed by atoms with E-state index in [1.807, 2.05) is 79.7 Å². The Morgan fingerprint density at radius 1 is 1.13 bits per heavy atom. The van der Waals surface area contributed by atoms with Crippen molar-refractivity contribution in [3.8, 4) is 0 Å². The molecule has 0 aliphatic carbocycles. The van der Waals surface area contributed by atoms with Crippen molar-refractivity contribution in [2.24, 2.45) is 10.9 Å². The van der Waals surface area contributed by atoms with Crippen LogP contribution in [0.4, 0.5) is 4.79 Å². The Balaban J connectivity index is 1.56. The number of thioether (sulfide) groups is 1. The summed E-state index contributed by atoms with van der Waals surface area (Å²) in [5.74, 6) is -0.0565. The Kier molecular flexibility index (Phi) is 6.20. The molecule has 4 rings (SSSR count). The third-order valence-electron chi connectivity index (χ3n) is 5.39. The van der Waals surface area contributed by atoms with E-state index in [0.29, 0.717) is 12.2 Å². The first kappa shape index (κ1) is 20.6. The van der Waals surface area contributed by atoms with Crippen molar-refractivity contribution >= 4 is 28.8 Å². The summed E-state index contributed by atoms with van der Waals surface area (Å²) in [6.07, 6.45) is -0.301. The Bertz CT molecular complexity index is 933. The second kappa shape index (κ2) is 9.02. The summed E-state index contributed by atoms with van der Waals surface area (Å²) in [6, 6.07) is 19.6. The maximum absolute atomic E-state index is 13.5. The first-order valence-corrected chi connectivity index (χ1v) is 11.0. The number of rotatable bonds is 5. The molecule has 2 aliphatic rings. The van der Waals surface area contributed by atoms with Crippen molar-refractivity contribution in [2.75, 3.05) is 26.5 Å². The van der Waals surface area contributed by atoms with E-state index in [9.17, 15) is 9.59 Å². The average molecular weight is 424 g/mol. The molecule has 2 aromatic rings. The van der Waals surface area contributed by atoms with Crippen LogP contribution in [-0.2, 0) is 16.0 Å². The smallest absolute Gasteiger partial charge is 0.416 e. The molecule has 30 heavy (non-hydrogen) atoms. The summed E-state index contributed by atoms with van der Waals surface area (Å²) in [5.41, 5.74) is 2.12. The van der Waals surface area contributed by atoms with Gasteiger partial charge < -0.3 is 4.74 Å².